The van der Waals surface area contributed by atoms with Crippen LogP contribution in [0.2, 0.25) is 0 Å². The molecule has 0 unspecified atom stereocenters. The molecule has 0 aromatic heterocycles. The predicted octanol–water partition coefficient (Wildman–Crippen LogP) is 4.01. The van der Waals surface area contributed by atoms with Gasteiger partial charge >= 0.3 is 0 Å². The maximum atomic E-state index is 13.6. The molecule has 1 N–H and O–H groups in total. The molecule has 0 aliphatic rings. The fourth-order valence-corrected chi connectivity index (χ4v) is 1.80. The van der Waals surface area contributed by atoms with Crippen molar-refractivity contribution >= 4 is 15.9 Å². The highest BCUT2D eigenvalue weighted by Crippen LogP contribution is 2.32. The summed E-state index contributed by atoms with van der Waals surface area (Å²) < 4.78 is 33.0. The van der Waals surface area contributed by atoms with Gasteiger partial charge in [0, 0.05) is 0 Å². The van der Waals surface area contributed by atoms with E-state index >= 15 is 0 Å². The predicted molar refractivity (Wildman–Crippen MR) is 66.5 cm³/mol. The first-order valence-electron chi connectivity index (χ1n) is 5.13. The summed E-state index contributed by atoms with van der Waals surface area (Å²) in [6.07, 6.45) is 0. The van der Waals surface area contributed by atoms with E-state index in [1.165, 1.54) is 0 Å². The van der Waals surface area contributed by atoms with E-state index in [0.29, 0.717) is 10.2 Å². The maximum Gasteiger partial charge on any atom is 0.198 e. The van der Waals surface area contributed by atoms with Gasteiger partial charge in [0.1, 0.15) is 5.75 Å². The van der Waals surface area contributed by atoms with Crippen molar-refractivity contribution in [2.24, 2.45) is 0 Å². The van der Waals surface area contributed by atoms with Crippen LogP contribution in [0.25, 0.3) is 0 Å². The molecule has 0 aliphatic carbocycles. The number of aliphatic hydroxyl groups excluding tert-OH is 1. The van der Waals surface area contributed by atoms with Crippen LogP contribution >= 0.6 is 15.9 Å². The molecule has 0 saturated heterocycles. The van der Waals surface area contributed by atoms with E-state index in [1.807, 2.05) is 0 Å². The molecule has 0 aliphatic heterocycles. The van der Waals surface area contributed by atoms with Gasteiger partial charge < -0.3 is 9.84 Å². The second kappa shape index (κ2) is 5.46. The minimum atomic E-state index is -0.852. The highest BCUT2D eigenvalue weighted by Gasteiger charge is 2.14. The molecule has 2 aromatic rings. The number of rotatable bonds is 3. The van der Waals surface area contributed by atoms with Gasteiger partial charge in [-0.2, -0.15) is 0 Å². The molecular weight excluding hydrogens is 306 g/mol. The number of ether oxygens (including phenoxy) is 1. The number of hydrogen-bond donors (Lipinski definition) is 1. The Balaban J connectivity index is 2.38. The first kappa shape index (κ1) is 13.0. The first-order valence-corrected chi connectivity index (χ1v) is 5.92. The number of benzene rings is 2. The summed E-state index contributed by atoms with van der Waals surface area (Å²) in [4.78, 5) is 0. The number of aliphatic hydroxyl groups is 1. The molecule has 0 saturated carbocycles. The Hall–Kier alpha value is -1.46. The fourth-order valence-electron chi connectivity index (χ4n) is 1.44. The van der Waals surface area contributed by atoms with Crippen molar-refractivity contribution in [2.45, 2.75) is 6.61 Å². The summed E-state index contributed by atoms with van der Waals surface area (Å²) in [6, 6.07) is 8.82. The maximum absolute atomic E-state index is 13.6. The summed E-state index contributed by atoms with van der Waals surface area (Å²) >= 11 is 3.22. The Bertz CT molecular complexity index is 550. The average molecular weight is 315 g/mol. The van der Waals surface area contributed by atoms with Gasteiger partial charge in [-0.3, -0.25) is 0 Å². The molecule has 18 heavy (non-hydrogen) atoms. The molecule has 2 rings (SSSR count). The Labute approximate surface area is 111 Å². The monoisotopic (exact) mass is 314 g/mol. The van der Waals surface area contributed by atoms with Gasteiger partial charge in [0.05, 0.1) is 11.1 Å². The van der Waals surface area contributed by atoms with Gasteiger partial charge in [-0.05, 0) is 45.8 Å². The van der Waals surface area contributed by atoms with Crippen LogP contribution in [0.5, 0.6) is 11.5 Å². The summed E-state index contributed by atoms with van der Waals surface area (Å²) in [5.74, 6) is -1.88. The largest absolute Gasteiger partial charge is 0.450 e. The van der Waals surface area contributed by atoms with E-state index in [9.17, 15) is 8.78 Å². The van der Waals surface area contributed by atoms with Crippen LogP contribution in [0.3, 0.4) is 0 Å². The van der Waals surface area contributed by atoms with Crippen LogP contribution in [0.1, 0.15) is 5.56 Å². The van der Waals surface area contributed by atoms with Gasteiger partial charge in [-0.1, -0.05) is 12.1 Å². The lowest BCUT2D eigenvalue weighted by Crippen LogP contribution is -1.96. The zero-order valence-electron chi connectivity index (χ0n) is 9.16. The second-order valence-electron chi connectivity index (χ2n) is 3.58. The lowest BCUT2D eigenvalue weighted by Gasteiger charge is -2.10. The molecule has 5 heteroatoms. The molecule has 0 atom stereocenters. The SMILES string of the molecule is OCc1cc(F)c(Oc2ccccc2Br)c(F)c1. The van der Waals surface area contributed by atoms with Gasteiger partial charge in [-0.25, -0.2) is 8.78 Å². The Kier molecular flexibility index (Phi) is 3.93. The Morgan fingerprint density at radius 3 is 2.28 bits per heavy atom. The zero-order chi connectivity index (χ0) is 13.1. The van der Waals surface area contributed by atoms with Crippen LogP contribution in [0.15, 0.2) is 40.9 Å². The minimum Gasteiger partial charge on any atom is -0.450 e. The number of para-hydroxylation sites is 1. The highest BCUT2D eigenvalue weighted by molar-refractivity contribution is 9.10. The molecular formula is C13H9BrF2O2. The van der Waals surface area contributed by atoms with Gasteiger partial charge in [0.25, 0.3) is 0 Å². The quantitative estimate of drug-likeness (QED) is 0.927. The summed E-state index contributed by atoms with van der Waals surface area (Å²) in [6.45, 7) is -0.427. The molecule has 0 spiro atoms. The zero-order valence-corrected chi connectivity index (χ0v) is 10.7. The second-order valence-corrected chi connectivity index (χ2v) is 4.43. The van der Waals surface area contributed by atoms with Crippen LogP contribution in [0, 0.1) is 11.6 Å². The van der Waals surface area contributed by atoms with Crippen molar-refractivity contribution < 1.29 is 18.6 Å². The average Bonchev–Trinajstić information content (AvgIpc) is 2.35. The molecule has 0 bridgehead atoms. The summed E-state index contributed by atoms with van der Waals surface area (Å²) in [7, 11) is 0. The highest BCUT2D eigenvalue weighted by atomic mass is 79.9. The molecule has 2 aromatic carbocycles. The molecule has 0 heterocycles. The van der Waals surface area contributed by atoms with E-state index in [4.69, 9.17) is 9.84 Å². The normalized spacial score (nSPS) is 10.4. The van der Waals surface area contributed by atoms with Crippen molar-refractivity contribution in [3.05, 3.63) is 58.1 Å². The van der Waals surface area contributed by atoms with Crippen molar-refractivity contribution in [3.63, 3.8) is 0 Å². The third-order valence-electron chi connectivity index (χ3n) is 2.29. The van der Waals surface area contributed by atoms with Gasteiger partial charge in [0.2, 0.25) is 0 Å². The van der Waals surface area contributed by atoms with Crippen LogP contribution in [-0.4, -0.2) is 5.11 Å². The van der Waals surface area contributed by atoms with Crippen molar-refractivity contribution in [2.75, 3.05) is 0 Å². The Morgan fingerprint density at radius 2 is 1.72 bits per heavy atom. The number of halogens is 3. The minimum absolute atomic E-state index is 0.157. The Morgan fingerprint density at radius 1 is 1.11 bits per heavy atom. The smallest absolute Gasteiger partial charge is 0.198 e. The van der Waals surface area contributed by atoms with Crippen molar-refractivity contribution in [1.29, 1.82) is 0 Å². The summed E-state index contributed by atoms with van der Waals surface area (Å²) in [5, 5.41) is 8.83. The number of hydrogen-bond acceptors (Lipinski definition) is 2. The van der Waals surface area contributed by atoms with E-state index in [0.717, 1.165) is 12.1 Å². The molecule has 0 fully saturated rings. The van der Waals surface area contributed by atoms with Gasteiger partial charge in [0.15, 0.2) is 17.4 Å². The fraction of sp³-hybridized carbons (Fsp3) is 0.0769. The van der Waals surface area contributed by atoms with Crippen LogP contribution in [0.4, 0.5) is 8.78 Å². The molecule has 2 nitrogen and oxygen atoms in total. The van der Waals surface area contributed by atoms with Crippen LogP contribution < -0.4 is 4.74 Å². The van der Waals surface area contributed by atoms with E-state index in [2.05, 4.69) is 15.9 Å². The van der Waals surface area contributed by atoms with E-state index in [1.54, 1.807) is 24.3 Å². The van der Waals surface area contributed by atoms with Crippen LogP contribution in [-0.2, 0) is 6.61 Å². The van der Waals surface area contributed by atoms with E-state index < -0.39 is 24.0 Å². The lowest BCUT2D eigenvalue weighted by molar-refractivity contribution is 0.279. The molecule has 94 valence electrons. The standard InChI is InChI=1S/C13H9BrF2O2/c14-9-3-1-2-4-12(9)18-13-10(15)5-8(7-17)6-11(13)16/h1-6,17H,7H2. The van der Waals surface area contributed by atoms with Gasteiger partial charge in [-0.15, -0.1) is 0 Å². The third kappa shape index (κ3) is 2.68. The third-order valence-corrected chi connectivity index (χ3v) is 2.94. The van der Waals surface area contributed by atoms with Crippen molar-refractivity contribution in [3.8, 4) is 11.5 Å². The molecule has 0 radical (unpaired) electrons. The lowest BCUT2D eigenvalue weighted by atomic mass is 10.2. The van der Waals surface area contributed by atoms with Crippen molar-refractivity contribution in [1.82, 2.24) is 0 Å². The summed E-state index contributed by atoms with van der Waals surface area (Å²) in [5.41, 5.74) is 0.157. The topological polar surface area (TPSA) is 29.5 Å². The first-order chi connectivity index (χ1) is 8.61. The van der Waals surface area contributed by atoms with E-state index in [-0.39, 0.29) is 5.56 Å². The molecule has 0 amide bonds.